The van der Waals surface area contributed by atoms with Crippen LogP contribution < -0.4 is 4.74 Å². The Morgan fingerprint density at radius 3 is 2.53 bits per heavy atom. The average molecular weight is 264 g/mol. The molecular weight excluding hydrogens is 254 g/mol. The lowest BCUT2D eigenvalue weighted by molar-refractivity contribution is 0.0689. The summed E-state index contributed by atoms with van der Waals surface area (Å²) >= 11 is 0. The molecule has 0 unspecified atom stereocenters. The fourth-order valence-electron chi connectivity index (χ4n) is 1.60. The van der Waals surface area contributed by atoms with E-state index in [1.807, 2.05) is 0 Å². The second kappa shape index (κ2) is 5.06. The van der Waals surface area contributed by atoms with Crippen LogP contribution in [0.25, 0.3) is 0 Å². The molecule has 0 aromatic heterocycles. The quantitative estimate of drug-likeness (QED) is 0.918. The van der Waals surface area contributed by atoms with E-state index in [1.165, 1.54) is 30.3 Å². The van der Waals surface area contributed by atoms with Crippen molar-refractivity contribution < 1.29 is 23.4 Å². The number of halogens is 2. The molecule has 98 valence electrons. The van der Waals surface area contributed by atoms with Gasteiger partial charge in [0.2, 0.25) is 0 Å². The second-order valence-corrected chi connectivity index (χ2v) is 3.93. The zero-order valence-corrected chi connectivity index (χ0v) is 9.98. The van der Waals surface area contributed by atoms with Crippen LogP contribution in [0.1, 0.15) is 15.9 Å². The summed E-state index contributed by atoms with van der Waals surface area (Å²) in [6.45, 7) is 1.55. The van der Waals surface area contributed by atoms with E-state index < -0.39 is 23.2 Å². The Balaban J connectivity index is 2.40. The molecule has 0 aliphatic heterocycles. The minimum atomic E-state index is -1.42. The maximum atomic E-state index is 13.4. The third-order valence-corrected chi connectivity index (χ3v) is 2.55. The molecule has 3 nitrogen and oxygen atoms in total. The van der Waals surface area contributed by atoms with Gasteiger partial charge in [0.1, 0.15) is 28.7 Å². The van der Waals surface area contributed by atoms with Gasteiger partial charge in [0.15, 0.2) is 0 Å². The van der Waals surface area contributed by atoms with Crippen molar-refractivity contribution in [2.45, 2.75) is 6.92 Å². The van der Waals surface area contributed by atoms with E-state index in [9.17, 15) is 13.6 Å². The van der Waals surface area contributed by atoms with Crippen LogP contribution >= 0.6 is 0 Å². The Morgan fingerprint density at radius 2 is 1.89 bits per heavy atom. The number of rotatable bonds is 3. The number of carbonyl (C=O) groups is 1. The minimum Gasteiger partial charge on any atom is -0.477 e. The predicted molar refractivity (Wildman–Crippen MR) is 64.6 cm³/mol. The van der Waals surface area contributed by atoms with E-state index in [2.05, 4.69) is 0 Å². The Bertz CT molecular complexity index is 639. The van der Waals surface area contributed by atoms with Crippen LogP contribution in [0.4, 0.5) is 8.78 Å². The topological polar surface area (TPSA) is 46.5 Å². The van der Waals surface area contributed by atoms with Crippen LogP contribution in [0, 0.1) is 18.6 Å². The van der Waals surface area contributed by atoms with Gasteiger partial charge in [0, 0.05) is 0 Å². The molecule has 2 rings (SSSR count). The van der Waals surface area contributed by atoms with E-state index in [1.54, 1.807) is 6.92 Å². The third-order valence-electron chi connectivity index (χ3n) is 2.55. The van der Waals surface area contributed by atoms with E-state index in [4.69, 9.17) is 9.84 Å². The van der Waals surface area contributed by atoms with Gasteiger partial charge >= 0.3 is 5.97 Å². The van der Waals surface area contributed by atoms with E-state index in [-0.39, 0.29) is 11.5 Å². The highest BCUT2D eigenvalue weighted by molar-refractivity contribution is 5.91. The molecule has 0 amide bonds. The molecule has 0 heterocycles. The van der Waals surface area contributed by atoms with Gasteiger partial charge < -0.3 is 9.84 Å². The van der Waals surface area contributed by atoms with Crippen molar-refractivity contribution in [3.8, 4) is 11.5 Å². The zero-order chi connectivity index (χ0) is 14.0. The van der Waals surface area contributed by atoms with Gasteiger partial charge in [0.05, 0.1) is 0 Å². The molecule has 0 saturated heterocycles. The van der Waals surface area contributed by atoms with Crippen LogP contribution in [0.15, 0.2) is 36.4 Å². The number of hydrogen-bond acceptors (Lipinski definition) is 2. The largest absolute Gasteiger partial charge is 0.477 e. The van der Waals surface area contributed by atoms with Crippen LogP contribution in [0.5, 0.6) is 11.5 Å². The highest BCUT2D eigenvalue weighted by Gasteiger charge is 2.17. The predicted octanol–water partition coefficient (Wildman–Crippen LogP) is 3.76. The molecule has 19 heavy (non-hydrogen) atoms. The summed E-state index contributed by atoms with van der Waals surface area (Å²) in [5.74, 6) is -2.59. The number of ether oxygens (including phenoxy) is 1. The molecule has 0 aliphatic carbocycles. The number of aryl methyl sites for hydroxylation is 1. The SMILES string of the molecule is Cc1cc(Oc2cccc(F)c2C(=O)O)ccc1F. The van der Waals surface area contributed by atoms with E-state index in [0.29, 0.717) is 5.56 Å². The Hall–Kier alpha value is -2.43. The molecular formula is C14H10F2O3. The molecule has 5 heteroatoms. The number of carboxylic acid groups (broad SMARTS) is 1. The van der Waals surface area contributed by atoms with Crippen molar-refractivity contribution >= 4 is 5.97 Å². The summed E-state index contributed by atoms with van der Waals surface area (Å²) in [6.07, 6.45) is 0. The van der Waals surface area contributed by atoms with Crippen LogP contribution in [0.3, 0.4) is 0 Å². The van der Waals surface area contributed by atoms with Crippen molar-refractivity contribution in [2.24, 2.45) is 0 Å². The first kappa shape index (κ1) is 13.0. The van der Waals surface area contributed by atoms with Gasteiger partial charge in [-0.05, 0) is 42.8 Å². The van der Waals surface area contributed by atoms with E-state index in [0.717, 1.165) is 6.07 Å². The van der Waals surface area contributed by atoms with Crippen molar-refractivity contribution in [2.75, 3.05) is 0 Å². The lowest BCUT2D eigenvalue weighted by Gasteiger charge is -2.10. The van der Waals surface area contributed by atoms with Gasteiger partial charge in [-0.1, -0.05) is 6.07 Å². The summed E-state index contributed by atoms with van der Waals surface area (Å²) in [4.78, 5) is 11.0. The first-order chi connectivity index (χ1) is 8.99. The van der Waals surface area contributed by atoms with Gasteiger partial charge in [-0.2, -0.15) is 0 Å². The lowest BCUT2D eigenvalue weighted by Crippen LogP contribution is -2.03. The second-order valence-electron chi connectivity index (χ2n) is 3.93. The maximum absolute atomic E-state index is 13.4. The van der Waals surface area contributed by atoms with Gasteiger partial charge in [-0.25, -0.2) is 13.6 Å². The fourth-order valence-corrected chi connectivity index (χ4v) is 1.60. The smallest absolute Gasteiger partial charge is 0.342 e. The first-order valence-corrected chi connectivity index (χ1v) is 5.45. The summed E-state index contributed by atoms with van der Waals surface area (Å²) < 4.78 is 31.8. The fraction of sp³-hybridized carbons (Fsp3) is 0.0714. The first-order valence-electron chi connectivity index (χ1n) is 5.45. The lowest BCUT2D eigenvalue weighted by atomic mass is 10.2. The summed E-state index contributed by atoms with van der Waals surface area (Å²) in [5, 5.41) is 8.94. The molecule has 0 bridgehead atoms. The molecule has 0 spiro atoms. The van der Waals surface area contributed by atoms with Gasteiger partial charge in [-0.15, -0.1) is 0 Å². The summed E-state index contributed by atoms with van der Waals surface area (Å²) in [6, 6.07) is 7.67. The number of hydrogen-bond donors (Lipinski definition) is 1. The van der Waals surface area contributed by atoms with Crippen molar-refractivity contribution in [3.63, 3.8) is 0 Å². The molecule has 0 saturated carbocycles. The van der Waals surface area contributed by atoms with Gasteiger partial charge in [-0.3, -0.25) is 0 Å². The van der Waals surface area contributed by atoms with Crippen LogP contribution in [-0.2, 0) is 0 Å². The molecule has 0 radical (unpaired) electrons. The van der Waals surface area contributed by atoms with Crippen LogP contribution in [-0.4, -0.2) is 11.1 Å². The number of benzene rings is 2. The summed E-state index contributed by atoms with van der Waals surface area (Å²) in [5.41, 5.74) is -0.199. The molecule has 0 aliphatic rings. The Kier molecular flexibility index (Phi) is 3.46. The minimum absolute atomic E-state index is 0.126. The molecule has 0 atom stereocenters. The zero-order valence-electron chi connectivity index (χ0n) is 9.98. The normalized spacial score (nSPS) is 10.3. The Morgan fingerprint density at radius 1 is 1.16 bits per heavy atom. The Labute approximate surface area is 108 Å². The molecule has 1 N–H and O–H groups in total. The van der Waals surface area contributed by atoms with Crippen molar-refractivity contribution in [1.29, 1.82) is 0 Å². The van der Waals surface area contributed by atoms with Crippen LogP contribution in [0.2, 0.25) is 0 Å². The molecule has 0 fully saturated rings. The average Bonchev–Trinajstić information content (AvgIpc) is 2.33. The third kappa shape index (κ3) is 2.70. The molecule has 2 aromatic rings. The van der Waals surface area contributed by atoms with Gasteiger partial charge in [0.25, 0.3) is 0 Å². The number of aromatic carboxylic acids is 1. The monoisotopic (exact) mass is 264 g/mol. The maximum Gasteiger partial charge on any atom is 0.342 e. The van der Waals surface area contributed by atoms with E-state index >= 15 is 0 Å². The molecule has 2 aromatic carbocycles. The highest BCUT2D eigenvalue weighted by atomic mass is 19.1. The van der Waals surface area contributed by atoms with Crippen molar-refractivity contribution in [1.82, 2.24) is 0 Å². The number of carboxylic acids is 1. The van der Waals surface area contributed by atoms with Crippen molar-refractivity contribution in [3.05, 3.63) is 59.2 Å². The highest BCUT2D eigenvalue weighted by Crippen LogP contribution is 2.28. The standard InChI is InChI=1S/C14H10F2O3/c1-8-7-9(5-6-10(8)15)19-12-4-2-3-11(16)13(12)14(17)18/h2-7H,1H3,(H,17,18). The summed E-state index contributed by atoms with van der Waals surface area (Å²) in [7, 11) is 0.